The second-order valence-electron chi connectivity index (χ2n) is 9.62. The lowest BCUT2D eigenvalue weighted by Crippen LogP contribution is -2.31. The van der Waals surface area contributed by atoms with Crippen LogP contribution in [0, 0.1) is 0 Å². The van der Waals surface area contributed by atoms with Crippen LogP contribution in [0.25, 0.3) is 22.2 Å². The maximum Gasteiger partial charge on any atom is 0.256 e. The van der Waals surface area contributed by atoms with Crippen LogP contribution in [0.15, 0.2) is 109 Å². The average Bonchev–Trinajstić information content (AvgIpc) is 3.02. The minimum atomic E-state index is -0.242. The van der Waals surface area contributed by atoms with Crippen molar-refractivity contribution in [3.8, 4) is 17.0 Å². The summed E-state index contributed by atoms with van der Waals surface area (Å²) in [6.07, 6.45) is 4.30. The van der Waals surface area contributed by atoms with Crippen LogP contribution in [0.3, 0.4) is 0 Å². The molecule has 7 heteroatoms. The number of nitrogens with zero attached hydrogens (tertiary/aromatic N) is 2. The van der Waals surface area contributed by atoms with E-state index in [-0.39, 0.29) is 37.4 Å². The summed E-state index contributed by atoms with van der Waals surface area (Å²) < 4.78 is 6.33. The minimum Gasteiger partial charge on any atom is -0.489 e. The molecule has 0 fully saturated rings. The van der Waals surface area contributed by atoms with E-state index in [1.165, 1.54) is 0 Å². The molecule has 2 N–H and O–H groups in total. The second-order valence-corrected chi connectivity index (χ2v) is 9.62. The Balaban J connectivity index is 1.46. The van der Waals surface area contributed by atoms with Gasteiger partial charge < -0.3 is 15.4 Å². The van der Waals surface area contributed by atoms with E-state index in [9.17, 15) is 9.59 Å². The first-order valence-electron chi connectivity index (χ1n) is 13.8. The fourth-order valence-corrected chi connectivity index (χ4v) is 4.78. The number of rotatable bonds is 11. The lowest BCUT2D eigenvalue weighted by molar-refractivity contribution is -0.120. The number of ether oxygens (including phenoxy) is 1. The Morgan fingerprint density at radius 3 is 2.27 bits per heavy atom. The molecule has 0 radical (unpaired) electrons. The van der Waals surface area contributed by atoms with Crippen molar-refractivity contribution in [3.05, 3.63) is 126 Å². The third kappa shape index (κ3) is 6.76. The predicted octanol–water partition coefficient (Wildman–Crippen LogP) is 5.92. The largest absolute Gasteiger partial charge is 0.489 e. The summed E-state index contributed by atoms with van der Waals surface area (Å²) in [5.41, 5.74) is 4.44. The number of carbonyl (C=O) groups is 2. The first-order chi connectivity index (χ1) is 20.1. The number of amides is 2. The molecule has 5 rings (SSSR count). The average molecular weight is 545 g/mol. The van der Waals surface area contributed by atoms with Gasteiger partial charge in [0.15, 0.2) is 5.75 Å². The van der Waals surface area contributed by atoms with Crippen LogP contribution in [-0.4, -0.2) is 34.9 Å². The number of benzene rings is 3. The monoisotopic (exact) mass is 544 g/mol. The summed E-state index contributed by atoms with van der Waals surface area (Å²) >= 11 is 0. The first kappa shape index (κ1) is 27.5. The van der Waals surface area contributed by atoms with Crippen molar-refractivity contribution in [2.75, 3.05) is 13.2 Å². The molecule has 5 aromatic rings. The van der Waals surface area contributed by atoms with Crippen molar-refractivity contribution in [2.24, 2.45) is 0 Å². The third-order valence-corrected chi connectivity index (χ3v) is 6.82. The van der Waals surface area contributed by atoms with Crippen molar-refractivity contribution in [2.45, 2.75) is 25.8 Å². The van der Waals surface area contributed by atoms with Crippen LogP contribution in [-0.2, 0) is 11.2 Å². The Labute approximate surface area is 239 Å². The molecule has 2 heterocycles. The molecule has 2 amide bonds. The summed E-state index contributed by atoms with van der Waals surface area (Å²) in [5.74, 6) is 0.0261. The summed E-state index contributed by atoms with van der Waals surface area (Å²) in [6, 6.07) is 30.6. The highest BCUT2D eigenvalue weighted by Crippen LogP contribution is 2.37. The molecule has 7 nitrogen and oxygen atoms in total. The summed E-state index contributed by atoms with van der Waals surface area (Å²) in [6.45, 7) is 2.48. The van der Waals surface area contributed by atoms with Gasteiger partial charge >= 0.3 is 0 Å². The molecule has 0 unspecified atom stereocenters. The third-order valence-electron chi connectivity index (χ3n) is 6.82. The highest BCUT2D eigenvalue weighted by Gasteiger charge is 2.25. The van der Waals surface area contributed by atoms with E-state index in [0.29, 0.717) is 27.9 Å². The fraction of sp³-hybridized carbons (Fsp3) is 0.176. The Bertz CT molecular complexity index is 1610. The van der Waals surface area contributed by atoms with E-state index in [1.807, 2.05) is 104 Å². The zero-order valence-corrected chi connectivity index (χ0v) is 22.9. The minimum absolute atomic E-state index is 0.119. The van der Waals surface area contributed by atoms with Gasteiger partial charge in [-0.15, -0.1) is 0 Å². The van der Waals surface area contributed by atoms with Crippen molar-refractivity contribution in [1.29, 1.82) is 0 Å². The van der Waals surface area contributed by atoms with E-state index >= 15 is 0 Å². The summed E-state index contributed by atoms with van der Waals surface area (Å²) in [7, 11) is 0. The van der Waals surface area contributed by atoms with E-state index < -0.39 is 0 Å². The summed E-state index contributed by atoms with van der Waals surface area (Å²) in [5, 5.41) is 6.83. The van der Waals surface area contributed by atoms with E-state index in [4.69, 9.17) is 9.72 Å². The molecule has 206 valence electrons. The van der Waals surface area contributed by atoms with Gasteiger partial charge in [-0.2, -0.15) is 0 Å². The number of nitrogens with one attached hydrogen (secondary N) is 2. The Kier molecular flexibility index (Phi) is 8.96. The Hall–Kier alpha value is -5.04. The maximum absolute atomic E-state index is 14.1. The fourth-order valence-electron chi connectivity index (χ4n) is 4.78. The van der Waals surface area contributed by atoms with E-state index in [2.05, 4.69) is 15.6 Å². The van der Waals surface area contributed by atoms with Gasteiger partial charge in [-0.1, -0.05) is 85.8 Å². The Morgan fingerprint density at radius 2 is 1.54 bits per heavy atom. The zero-order chi connectivity index (χ0) is 28.4. The topological polar surface area (TPSA) is 93.2 Å². The van der Waals surface area contributed by atoms with Gasteiger partial charge in [-0.3, -0.25) is 14.6 Å². The molecule has 0 saturated carbocycles. The van der Waals surface area contributed by atoms with Crippen molar-refractivity contribution in [1.82, 2.24) is 20.6 Å². The lowest BCUT2D eigenvalue weighted by Gasteiger charge is -2.21. The van der Waals surface area contributed by atoms with Gasteiger partial charge in [0.05, 0.1) is 30.1 Å². The number of para-hydroxylation sites is 1. The van der Waals surface area contributed by atoms with Crippen LogP contribution in [0.1, 0.15) is 40.9 Å². The van der Waals surface area contributed by atoms with Crippen molar-refractivity contribution >= 4 is 22.7 Å². The maximum atomic E-state index is 14.1. The molecule has 0 aliphatic rings. The molecule has 0 bridgehead atoms. The molecule has 0 saturated heterocycles. The van der Waals surface area contributed by atoms with Gasteiger partial charge in [0, 0.05) is 23.3 Å². The van der Waals surface area contributed by atoms with Crippen LogP contribution in [0.2, 0.25) is 0 Å². The van der Waals surface area contributed by atoms with Crippen LogP contribution in [0.5, 0.6) is 5.75 Å². The van der Waals surface area contributed by atoms with Crippen molar-refractivity contribution in [3.63, 3.8) is 0 Å². The second kappa shape index (κ2) is 13.3. The number of fused-ring (bicyclic) bond motifs is 1. The molecule has 41 heavy (non-hydrogen) atoms. The highest BCUT2D eigenvalue weighted by atomic mass is 16.5. The number of carbonyl (C=O) groups excluding carboxylic acids is 2. The number of aromatic nitrogens is 2. The van der Waals surface area contributed by atoms with Crippen molar-refractivity contribution < 1.29 is 14.3 Å². The number of hydrogen-bond acceptors (Lipinski definition) is 5. The predicted molar refractivity (Wildman–Crippen MR) is 161 cm³/mol. The molecule has 0 aliphatic heterocycles. The molecule has 2 aromatic heterocycles. The molecule has 0 spiro atoms. The molecular formula is C34H32N4O3. The highest BCUT2D eigenvalue weighted by molar-refractivity contribution is 6.10. The van der Waals surface area contributed by atoms with Crippen LogP contribution in [0.4, 0.5) is 0 Å². The standard InChI is InChI=1S/C34H32N4O3/c1-2-28(25-11-5-3-6-12-25)38-34(40)31-27-15-9-10-16-29(27)37-32(26-13-7-4-8-14-26)33(31)41-22-21-36-30(39)23-24-17-19-35-20-18-24/h3-20,28H,2,21-23H2,1H3,(H,36,39)(H,38,40)/t28-/m0/s1. The summed E-state index contributed by atoms with van der Waals surface area (Å²) in [4.78, 5) is 35.5. The zero-order valence-electron chi connectivity index (χ0n) is 22.9. The molecule has 3 aromatic carbocycles. The van der Waals surface area contributed by atoms with Gasteiger partial charge in [0.25, 0.3) is 5.91 Å². The van der Waals surface area contributed by atoms with Gasteiger partial charge in [0.1, 0.15) is 12.3 Å². The molecule has 0 aliphatic carbocycles. The number of pyridine rings is 2. The lowest BCUT2D eigenvalue weighted by atomic mass is 10.00. The van der Waals surface area contributed by atoms with E-state index in [0.717, 1.165) is 23.1 Å². The molecular weight excluding hydrogens is 512 g/mol. The molecule has 1 atom stereocenters. The smallest absolute Gasteiger partial charge is 0.256 e. The van der Waals surface area contributed by atoms with Gasteiger partial charge in [0.2, 0.25) is 5.91 Å². The van der Waals surface area contributed by atoms with Crippen LogP contribution >= 0.6 is 0 Å². The number of hydrogen-bond donors (Lipinski definition) is 2. The first-order valence-corrected chi connectivity index (χ1v) is 13.8. The SMILES string of the molecule is CC[C@H](NC(=O)c1c(OCCNC(=O)Cc2ccncc2)c(-c2ccccc2)nc2ccccc12)c1ccccc1. The quantitative estimate of drug-likeness (QED) is 0.202. The normalized spacial score (nSPS) is 11.5. The van der Waals surface area contributed by atoms with E-state index in [1.54, 1.807) is 12.4 Å². The van der Waals surface area contributed by atoms with Gasteiger partial charge in [-0.05, 0) is 35.7 Å². The Morgan fingerprint density at radius 1 is 0.854 bits per heavy atom. The van der Waals surface area contributed by atoms with Gasteiger partial charge in [-0.25, -0.2) is 4.98 Å². The van der Waals surface area contributed by atoms with Crippen LogP contribution < -0.4 is 15.4 Å².